The molecule has 118 valence electrons. The number of azo groups is 1. The predicted molar refractivity (Wildman–Crippen MR) is 89.9 cm³/mol. The number of pyridine rings is 1. The quantitative estimate of drug-likeness (QED) is 0.509. The molecule has 2 heterocycles. The summed E-state index contributed by atoms with van der Waals surface area (Å²) in [7, 11) is 0. The van der Waals surface area contributed by atoms with Gasteiger partial charge in [-0.3, -0.25) is 4.40 Å². The first-order valence-electron chi connectivity index (χ1n) is 7.00. The maximum Gasteiger partial charge on any atom is 0.183 e. The molecule has 1 aromatic carbocycles. The van der Waals surface area contributed by atoms with Gasteiger partial charge in [0.2, 0.25) is 0 Å². The second-order valence-electron chi connectivity index (χ2n) is 5.35. The standard InChI is InChI=1S/C16H13Cl2FN4/c1-9(2)15-16(23-8-10(17)3-6-14(23)20-15)22-21-11-4-5-13(19)12(18)7-11/h3-9H,1-2H3. The Morgan fingerprint density at radius 2 is 1.91 bits per heavy atom. The molecule has 0 N–H and O–H groups in total. The molecule has 0 bridgehead atoms. The molecular formula is C16H13Cl2FN4. The third-order valence-electron chi connectivity index (χ3n) is 3.29. The highest BCUT2D eigenvalue weighted by atomic mass is 35.5. The monoisotopic (exact) mass is 350 g/mol. The van der Waals surface area contributed by atoms with Gasteiger partial charge in [0, 0.05) is 6.20 Å². The fraction of sp³-hybridized carbons (Fsp3) is 0.188. The van der Waals surface area contributed by atoms with Crippen molar-refractivity contribution in [3.05, 3.63) is 58.1 Å². The van der Waals surface area contributed by atoms with Crippen molar-refractivity contribution in [3.8, 4) is 0 Å². The smallest absolute Gasteiger partial charge is 0.183 e. The van der Waals surface area contributed by atoms with Gasteiger partial charge >= 0.3 is 0 Å². The molecule has 3 rings (SSSR count). The third kappa shape index (κ3) is 3.21. The second kappa shape index (κ2) is 6.26. The lowest BCUT2D eigenvalue weighted by Gasteiger charge is -2.02. The Balaban J connectivity index is 2.10. The van der Waals surface area contributed by atoms with Gasteiger partial charge in [-0.05, 0) is 36.2 Å². The molecule has 0 aliphatic heterocycles. The fourth-order valence-corrected chi connectivity index (χ4v) is 2.50. The Morgan fingerprint density at radius 1 is 1.13 bits per heavy atom. The highest BCUT2D eigenvalue weighted by Gasteiger charge is 2.15. The molecule has 0 aliphatic carbocycles. The van der Waals surface area contributed by atoms with Crippen LogP contribution in [-0.4, -0.2) is 9.38 Å². The highest BCUT2D eigenvalue weighted by molar-refractivity contribution is 6.31. The molecule has 2 aromatic heterocycles. The van der Waals surface area contributed by atoms with E-state index in [0.29, 0.717) is 16.5 Å². The summed E-state index contributed by atoms with van der Waals surface area (Å²) in [5.74, 6) is 0.271. The number of benzene rings is 1. The highest BCUT2D eigenvalue weighted by Crippen LogP contribution is 2.31. The average Bonchev–Trinajstić information content (AvgIpc) is 2.86. The second-order valence-corrected chi connectivity index (χ2v) is 6.19. The van der Waals surface area contributed by atoms with Gasteiger partial charge in [0.25, 0.3) is 0 Å². The number of halogens is 3. The lowest BCUT2D eigenvalue weighted by atomic mass is 10.1. The van der Waals surface area contributed by atoms with Crippen LogP contribution in [0.2, 0.25) is 10.0 Å². The fourth-order valence-electron chi connectivity index (χ4n) is 2.16. The van der Waals surface area contributed by atoms with Crippen LogP contribution in [-0.2, 0) is 0 Å². The van der Waals surface area contributed by atoms with E-state index in [0.717, 1.165) is 11.3 Å². The predicted octanol–water partition coefficient (Wildman–Crippen LogP) is 6.32. The van der Waals surface area contributed by atoms with Gasteiger partial charge < -0.3 is 0 Å². The van der Waals surface area contributed by atoms with Crippen molar-refractivity contribution in [2.45, 2.75) is 19.8 Å². The van der Waals surface area contributed by atoms with Gasteiger partial charge in [-0.2, -0.15) is 0 Å². The molecule has 0 spiro atoms. The lowest BCUT2D eigenvalue weighted by Crippen LogP contribution is -1.87. The zero-order valence-corrected chi connectivity index (χ0v) is 14.0. The first-order chi connectivity index (χ1) is 11.0. The summed E-state index contributed by atoms with van der Waals surface area (Å²) < 4.78 is 15.0. The molecule has 0 saturated carbocycles. The molecule has 0 saturated heterocycles. The summed E-state index contributed by atoms with van der Waals surface area (Å²) in [6, 6.07) is 7.78. The maximum atomic E-state index is 13.2. The number of hydrogen-bond donors (Lipinski definition) is 0. The zero-order valence-electron chi connectivity index (χ0n) is 12.5. The van der Waals surface area contributed by atoms with Crippen LogP contribution in [0.25, 0.3) is 5.65 Å². The minimum absolute atomic E-state index is 0.00622. The van der Waals surface area contributed by atoms with Gasteiger partial charge in [-0.15, -0.1) is 10.2 Å². The molecule has 0 unspecified atom stereocenters. The van der Waals surface area contributed by atoms with Crippen molar-refractivity contribution in [1.82, 2.24) is 9.38 Å². The van der Waals surface area contributed by atoms with E-state index in [1.54, 1.807) is 16.7 Å². The molecule has 23 heavy (non-hydrogen) atoms. The van der Waals surface area contributed by atoms with Crippen molar-refractivity contribution in [2.75, 3.05) is 0 Å². The van der Waals surface area contributed by atoms with E-state index < -0.39 is 5.82 Å². The molecule has 7 heteroatoms. The van der Waals surface area contributed by atoms with Crippen LogP contribution < -0.4 is 0 Å². The Bertz CT molecular complexity index is 902. The summed E-state index contributed by atoms with van der Waals surface area (Å²) in [6.45, 7) is 4.05. The minimum Gasteiger partial charge on any atom is -0.281 e. The molecule has 4 nitrogen and oxygen atoms in total. The van der Waals surface area contributed by atoms with E-state index in [9.17, 15) is 4.39 Å². The first kappa shape index (κ1) is 15.9. The summed E-state index contributed by atoms with van der Waals surface area (Å²) in [6.07, 6.45) is 1.74. The number of imidazole rings is 1. The molecule has 0 amide bonds. The van der Waals surface area contributed by atoms with Crippen LogP contribution in [0.5, 0.6) is 0 Å². The normalized spacial score (nSPS) is 11.9. The Labute approximate surface area is 142 Å². The van der Waals surface area contributed by atoms with E-state index in [2.05, 4.69) is 15.2 Å². The van der Waals surface area contributed by atoms with Crippen LogP contribution in [0, 0.1) is 5.82 Å². The van der Waals surface area contributed by atoms with E-state index in [-0.39, 0.29) is 10.9 Å². The van der Waals surface area contributed by atoms with Crippen LogP contribution in [0.1, 0.15) is 25.5 Å². The first-order valence-corrected chi connectivity index (χ1v) is 7.75. The summed E-state index contributed by atoms with van der Waals surface area (Å²) in [4.78, 5) is 4.56. The summed E-state index contributed by atoms with van der Waals surface area (Å²) in [5, 5.41) is 9.01. The summed E-state index contributed by atoms with van der Waals surface area (Å²) >= 11 is 11.8. The Hall–Kier alpha value is -1.98. The molecule has 0 atom stereocenters. The minimum atomic E-state index is -0.491. The molecular weight excluding hydrogens is 338 g/mol. The number of hydrogen-bond acceptors (Lipinski definition) is 3. The maximum absolute atomic E-state index is 13.2. The van der Waals surface area contributed by atoms with Gasteiger partial charge in [0.15, 0.2) is 5.82 Å². The molecule has 0 fully saturated rings. The Morgan fingerprint density at radius 3 is 2.61 bits per heavy atom. The average molecular weight is 351 g/mol. The van der Waals surface area contributed by atoms with Crippen molar-refractivity contribution in [1.29, 1.82) is 0 Å². The van der Waals surface area contributed by atoms with Crippen molar-refractivity contribution in [3.63, 3.8) is 0 Å². The van der Waals surface area contributed by atoms with E-state index in [4.69, 9.17) is 23.2 Å². The lowest BCUT2D eigenvalue weighted by molar-refractivity contribution is 0.628. The van der Waals surface area contributed by atoms with Crippen LogP contribution in [0.4, 0.5) is 15.9 Å². The van der Waals surface area contributed by atoms with E-state index >= 15 is 0 Å². The largest absolute Gasteiger partial charge is 0.281 e. The van der Waals surface area contributed by atoms with E-state index in [1.807, 2.05) is 19.9 Å². The molecule has 0 aliphatic rings. The van der Waals surface area contributed by atoms with Gasteiger partial charge in [0.1, 0.15) is 11.5 Å². The SMILES string of the molecule is CC(C)c1nc2ccc(Cl)cn2c1N=Nc1ccc(F)c(Cl)c1. The molecule has 0 radical (unpaired) electrons. The number of fused-ring (bicyclic) bond motifs is 1. The topological polar surface area (TPSA) is 42.0 Å². The van der Waals surface area contributed by atoms with Crippen molar-refractivity contribution in [2.24, 2.45) is 10.2 Å². The van der Waals surface area contributed by atoms with Crippen LogP contribution in [0.3, 0.4) is 0 Å². The van der Waals surface area contributed by atoms with Gasteiger partial charge in [0.05, 0.1) is 21.4 Å². The van der Waals surface area contributed by atoms with Gasteiger partial charge in [-0.25, -0.2) is 9.37 Å². The number of nitrogens with zero attached hydrogens (tertiary/aromatic N) is 4. The number of rotatable bonds is 3. The summed E-state index contributed by atoms with van der Waals surface area (Å²) in [5.41, 5.74) is 2.01. The van der Waals surface area contributed by atoms with Crippen molar-refractivity contribution < 1.29 is 4.39 Å². The van der Waals surface area contributed by atoms with Crippen LogP contribution in [0.15, 0.2) is 46.8 Å². The zero-order chi connectivity index (χ0) is 16.6. The van der Waals surface area contributed by atoms with E-state index in [1.165, 1.54) is 18.2 Å². The van der Waals surface area contributed by atoms with Gasteiger partial charge in [-0.1, -0.05) is 37.0 Å². The number of aromatic nitrogens is 2. The third-order valence-corrected chi connectivity index (χ3v) is 3.81. The van der Waals surface area contributed by atoms with Crippen LogP contribution >= 0.6 is 23.2 Å². The Kier molecular flexibility index (Phi) is 4.33. The molecule has 3 aromatic rings. The van der Waals surface area contributed by atoms with Crippen molar-refractivity contribution >= 4 is 40.4 Å².